The molecule has 3 rings (SSSR count). The highest BCUT2D eigenvalue weighted by molar-refractivity contribution is 7.89. The maximum atomic E-state index is 14.5. The highest BCUT2D eigenvalue weighted by atomic mass is 32.2. The summed E-state index contributed by atoms with van der Waals surface area (Å²) in [4.78, 5) is 35.0. The van der Waals surface area contributed by atoms with Gasteiger partial charge in [-0.3, -0.25) is 14.9 Å². The molecule has 0 spiro atoms. The first-order valence-electron chi connectivity index (χ1n) is 10.4. The molecule has 0 bridgehead atoms. The van der Waals surface area contributed by atoms with Gasteiger partial charge in [0.15, 0.2) is 28.2 Å². The fourth-order valence-corrected chi connectivity index (χ4v) is 5.45. The number of nitro benzene ring substituents is 1. The third kappa shape index (κ3) is 4.39. The Balaban J connectivity index is 2.18. The van der Waals surface area contributed by atoms with Crippen LogP contribution in [0.25, 0.3) is 0 Å². The molecule has 1 heterocycles. The monoisotopic (exact) mass is 551 g/mol. The number of para-hydroxylation sites is 1. The van der Waals surface area contributed by atoms with Crippen LogP contribution >= 0.6 is 0 Å². The molecular formula is C21H18F5N3O7S. The summed E-state index contributed by atoms with van der Waals surface area (Å²) in [7, 11) is -5.05. The molecule has 2 aromatic rings. The van der Waals surface area contributed by atoms with Gasteiger partial charge in [0.2, 0.25) is 21.7 Å². The lowest BCUT2D eigenvalue weighted by Crippen LogP contribution is -2.80. The minimum Gasteiger partial charge on any atom is -0.480 e. The van der Waals surface area contributed by atoms with Crippen LogP contribution in [0.1, 0.15) is 25.8 Å². The van der Waals surface area contributed by atoms with E-state index < -0.39 is 96.1 Å². The van der Waals surface area contributed by atoms with E-state index in [9.17, 15) is 55.2 Å². The number of carboxylic acid groups (broad SMARTS) is 1. The van der Waals surface area contributed by atoms with Crippen LogP contribution < -0.4 is 4.72 Å². The Hall–Kier alpha value is -3.66. The van der Waals surface area contributed by atoms with Gasteiger partial charge in [-0.25, -0.2) is 35.2 Å². The van der Waals surface area contributed by atoms with Gasteiger partial charge in [-0.1, -0.05) is 19.1 Å². The summed E-state index contributed by atoms with van der Waals surface area (Å²) in [6.07, 6.45) is -1.63. The standard InChI is InChI=1S/C21H18F5N3O7S/c1-3-20(2,19(31)32)28-9-21(18(28)30,8-10-13(22)15(24)17(26)16(25)14(10)23)27-37(35,36)12-7-5-4-6-11(12)29(33)34/h4-7,27H,3,8-9H2,1-2H3,(H,31,32). The molecule has 0 radical (unpaired) electrons. The first-order valence-corrected chi connectivity index (χ1v) is 11.9. The minimum absolute atomic E-state index is 0.205. The second-order valence-corrected chi connectivity index (χ2v) is 10.1. The number of nitro groups is 1. The molecule has 16 heteroatoms. The molecule has 1 aliphatic heterocycles. The second-order valence-electron chi connectivity index (χ2n) is 8.46. The van der Waals surface area contributed by atoms with Crippen LogP contribution in [-0.2, 0) is 26.0 Å². The quantitative estimate of drug-likeness (QED) is 0.122. The Labute approximate surface area is 205 Å². The molecular weight excluding hydrogens is 533 g/mol. The fraction of sp³-hybridized carbons (Fsp3) is 0.333. The first kappa shape index (κ1) is 27.9. The fourth-order valence-electron chi connectivity index (χ4n) is 3.93. The predicted octanol–water partition coefficient (Wildman–Crippen LogP) is 2.65. The van der Waals surface area contributed by atoms with Gasteiger partial charge in [0, 0.05) is 18.1 Å². The lowest BCUT2D eigenvalue weighted by atomic mass is 9.78. The van der Waals surface area contributed by atoms with Crippen LogP contribution in [0.5, 0.6) is 0 Å². The summed E-state index contributed by atoms with van der Waals surface area (Å²) in [5.74, 6) is -14.7. The number of hydrogen-bond donors (Lipinski definition) is 2. The first-order chi connectivity index (χ1) is 17.0. The van der Waals surface area contributed by atoms with Crippen LogP contribution in [0, 0.1) is 39.2 Å². The highest BCUT2D eigenvalue weighted by Gasteiger charge is 2.61. The van der Waals surface area contributed by atoms with Crippen LogP contribution in [0.3, 0.4) is 0 Å². The van der Waals surface area contributed by atoms with E-state index in [2.05, 4.69) is 0 Å². The predicted molar refractivity (Wildman–Crippen MR) is 114 cm³/mol. The van der Waals surface area contributed by atoms with E-state index >= 15 is 0 Å². The molecule has 37 heavy (non-hydrogen) atoms. The number of benzene rings is 2. The molecule has 2 unspecified atom stereocenters. The number of carbonyl (C=O) groups is 2. The van der Waals surface area contributed by atoms with Gasteiger partial charge in [0.25, 0.3) is 5.69 Å². The molecule has 0 aliphatic carbocycles. The van der Waals surface area contributed by atoms with Gasteiger partial charge in [-0.15, -0.1) is 0 Å². The average molecular weight is 551 g/mol. The Morgan fingerprint density at radius 2 is 1.65 bits per heavy atom. The summed E-state index contributed by atoms with van der Waals surface area (Å²) in [5, 5.41) is 20.9. The molecule has 10 nitrogen and oxygen atoms in total. The van der Waals surface area contributed by atoms with Crippen molar-refractivity contribution in [3.8, 4) is 0 Å². The number of nitrogens with one attached hydrogen (secondary N) is 1. The van der Waals surface area contributed by atoms with Crippen molar-refractivity contribution in [1.82, 2.24) is 9.62 Å². The Kier molecular flexibility index (Phi) is 7.04. The van der Waals surface area contributed by atoms with Gasteiger partial charge in [0.05, 0.1) is 11.5 Å². The number of carbonyl (C=O) groups excluding carboxylic acids is 1. The molecule has 1 amide bonds. The van der Waals surface area contributed by atoms with E-state index in [0.717, 1.165) is 31.2 Å². The molecule has 2 aromatic carbocycles. The lowest BCUT2D eigenvalue weighted by Gasteiger charge is -2.54. The molecule has 1 saturated heterocycles. The van der Waals surface area contributed by atoms with Gasteiger partial charge in [-0.05, 0) is 19.4 Å². The van der Waals surface area contributed by atoms with Crippen molar-refractivity contribution in [2.24, 2.45) is 0 Å². The van der Waals surface area contributed by atoms with Crippen molar-refractivity contribution in [3.63, 3.8) is 0 Å². The van der Waals surface area contributed by atoms with Gasteiger partial charge in [-0.2, -0.15) is 4.72 Å². The molecule has 1 aliphatic rings. The number of likely N-dealkylation sites (tertiary alicyclic amines) is 1. The summed E-state index contributed by atoms with van der Waals surface area (Å²) in [5.41, 5.74) is -7.05. The normalized spacial score (nSPS) is 19.3. The summed E-state index contributed by atoms with van der Waals surface area (Å²) in [6.45, 7) is 1.61. The SMILES string of the molecule is CCC(C)(C(=O)O)N1CC(Cc2c(F)c(F)c(F)c(F)c2F)(NS(=O)(=O)c2ccccc2[N+](=O)[O-])C1=O. The van der Waals surface area contributed by atoms with Crippen molar-refractivity contribution in [2.75, 3.05) is 6.54 Å². The van der Waals surface area contributed by atoms with E-state index in [-0.39, 0.29) is 6.42 Å². The summed E-state index contributed by atoms with van der Waals surface area (Å²) < 4.78 is 98.1. The highest BCUT2D eigenvalue weighted by Crippen LogP contribution is 2.38. The summed E-state index contributed by atoms with van der Waals surface area (Å²) in [6, 6.07) is 3.85. The maximum Gasteiger partial charge on any atom is 0.329 e. The topological polar surface area (TPSA) is 147 Å². The van der Waals surface area contributed by atoms with Crippen LogP contribution in [0.4, 0.5) is 27.6 Å². The Morgan fingerprint density at radius 3 is 2.11 bits per heavy atom. The molecule has 1 fully saturated rings. The number of aliphatic carboxylic acids is 1. The third-order valence-electron chi connectivity index (χ3n) is 6.29. The number of β-lactam (4-membered cyclic amide) rings is 1. The average Bonchev–Trinajstić information content (AvgIpc) is 2.86. The number of hydrogen-bond acceptors (Lipinski definition) is 6. The number of rotatable bonds is 9. The Bertz CT molecular complexity index is 1410. The number of amides is 1. The molecule has 0 aromatic heterocycles. The zero-order chi connectivity index (χ0) is 28.1. The second kappa shape index (κ2) is 9.33. The Morgan fingerprint density at radius 1 is 1.14 bits per heavy atom. The molecule has 0 saturated carbocycles. The van der Waals surface area contributed by atoms with Crippen LogP contribution in [0.2, 0.25) is 0 Å². The zero-order valence-electron chi connectivity index (χ0n) is 19.0. The molecule has 2 atom stereocenters. The summed E-state index contributed by atoms with van der Waals surface area (Å²) >= 11 is 0. The number of halogens is 5. The largest absolute Gasteiger partial charge is 0.480 e. The smallest absolute Gasteiger partial charge is 0.329 e. The van der Waals surface area contributed by atoms with Crippen molar-refractivity contribution in [3.05, 3.63) is 69.0 Å². The third-order valence-corrected chi connectivity index (χ3v) is 7.87. The zero-order valence-corrected chi connectivity index (χ0v) is 19.8. The van der Waals surface area contributed by atoms with Crippen LogP contribution in [-0.4, -0.2) is 52.8 Å². The van der Waals surface area contributed by atoms with Gasteiger partial charge < -0.3 is 10.0 Å². The van der Waals surface area contributed by atoms with Crippen molar-refractivity contribution in [1.29, 1.82) is 0 Å². The molecule has 2 N–H and O–H groups in total. The van der Waals surface area contributed by atoms with Gasteiger partial charge >= 0.3 is 5.97 Å². The number of sulfonamides is 1. The van der Waals surface area contributed by atoms with E-state index in [0.29, 0.717) is 4.90 Å². The van der Waals surface area contributed by atoms with E-state index in [1.54, 1.807) is 4.72 Å². The van der Waals surface area contributed by atoms with Crippen molar-refractivity contribution in [2.45, 2.75) is 42.7 Å². The maximum absolute atomic E-state index is 14.5. The minimum atomic E-state index is -5.05. The number of carboxylic acids is 1. The van der Waals surface area contributed by atoms with Crippen LogP contribution in [0.15, 0.2) is 29.2 Å². The van der Waals surface area contributed by atoms with E-state index in [1.165, 1.54) is 6.92 Å². The van der Waals surface area contributed by atoms with E-state index in [4.69, 9.17) is 0 Å². The van der Waals surface area contributed by atoms with E-state index in [1.807, 2.05) is 0 Å². The number of nitrogens with zero attached hydrogens (tertiary/aromatic N) is 2. The van der Waals surface area contributed by atoms with Crippen molar-refractivity contribution < 1.29 is 50.0 Å². The molecule has 200 valence electrons. The van der Waals surface area contributed by atoms with Gasteiger partial charge in [0.1, 0.15) is 11.1 Å². The van der Waals surface area contributed by atoms with Crippen molar-refractivity contribution >= 4 is 27.6 Å². The lowest BCUT2D eigenvalue weighted by molar-refractivity contribution is -0.387.